The van der Waals surface area contributed by atoms with Crippen molar-refractivity contribution in [2.75, 3.05) is 6.61 Å². The molecule has 0 bridgehead atoms. The van der Waals surface area contributed by atoms with Gasteiger partial charge in [0.1, 0.15) is 5.75 Å². The summed E-state index contributed by atoms with van der Waals surface area (Å²) in [6.07, 6.45) is 1.63. The maximum absolute atomic E-state index is 11.8. The summed E-state index contributed by atoms with van der Waals surface area (Å²) in [4.78, 5) is 11.8. The summed E-state index contributed by atoms with van der Waals surface area (Å²) < 4.78 is 5.59. The lowest BCUT2D eigenvalue weighted by atomic mass is 10.0. The molecule has 0 heterocycles. The van der Waals surface area contributed by atoms with Gasteiger partial charge in [-0.3, -0.25) is 4.79 Å². The Morgan fingerprint density at radius 3 is 2.33 bits per heavy atom. The van der Waals surface area contributed by atoms with Crippen LogP contribution >= 0.6 is 0 Å². The van der Waals surface area contributed by atoms with Crippen molar-refractivity contribution in [1.82, 2.24) is 5.43 Å². The van der Waals surface area contributed by atoms with Crippen LogP contribution in [0.4, 0.5) is 0 Å². The third-order valence-corrected chi connectivity index (χ3v) is 3.76. The van der Waals surface area contributed by atoms with Crippen molar-refractivity contribution in [3.8, 4) is 5.75 Å². The quantitative estimate of drug-likeness (QED) is 0.646. The van der Waals surface area contributed by atoms with Crippen LogP contribution < -0.4 is 10.2 Å². The van der Waals surface area contributed by atoms with E-state index in [9.17, 15) is 4.79 Å². The summed E-state index contributed by atoms with van der Waals surface area (Å²) in [5, 5.41) is 3.97. The lowest BCUT2D eigenvalue weighted by Crippen LogP contribution is -2.25. The summed E-state index contributed by atoms with van der Waals surface area (Å²) in [6, 6.07) is 14.0. The fourth-order valence-electron chi connectivity index (χ4n) is 2.34. The van der Waals surface area contributed by atoms with Crippen LogP contribution in [0.3, 0.4) is 0 Å². The summed E-state index contributed by atoms with van der Waals surface area (Å²) >= 11 is 0. The number of carbonyl (C=O) groups is 1. The highest BCUT2D eigenvalue weighted by molar-refractivity contribution is 5.83. The Bertz CT molecular complexity index is 699. The molecule has 0 saturated heterocycles. The Labute approximate surface area is 143 Å². The average Bonchev–Trinajstić information content (AvgIpc) is 2.55. The second-order valence-electron chi connectivity index (χ2n) is 6.12. The number of rotatable bonds is 6. The van der Waals surface area contributed by atoms with E-state index in [1.807, 2.05) is 44.2 Å². The van der Waals surface area contributed by atoms with E-state index in [2.05, 4.69) is 36.5 Å². The fourth-order valence-corrected chi connectivity index (χ4v) is 2.34. The van der Waals surface area contributed by atoms with Gasteiger partial charge in [0.2, 0.25) is 0 Å². The minimum absolute atomic E-state index is 0.0602. The highest BCUT2D eigenvalue weighted by Gasteiger charge is 2.06. The molecule has 4 heteroatoms. The molecule has 24 heavy (non-hydrogen) atoms. The standard InChI is InChI=1S/C20H24N2O2/c1-14(2)18-10-8-17(9-11-18)12-21-22-19(23)13-24-20-15(3)6-5-7-16(20)4/h5-12,14H,13H2,1-4H3,(H,22,23)/b21-12+. The fraction of sp³-hybridized carbons (Fsp3) is 0.300. The SMILES string of the molecule is Cc1cccc(C)c1OCC(=O)N/N=C/c1ccc(C(C)C)cc1. The zero-order valence-electron chi connectivity index (χ0n) is 14.7. The first-order valence-electron chi connectivity index (χ1n) is 8.08. The molecular formula is C20H24N2O2. The molecule has 0 unspecified atom stereocenters. The molecule has 4 nitrogen and oxygen atoms in total. The Kier molecular flexibility index (Phi) is 6.13. The first kappa shape index (κ1) is 17.7. The largest absolute Gasteiger partial charge is 0.483 e. The normalized spacial score (nSPS) is 11.0. The number of aryl methyl sites for hydroxylation is 2. The van der Waals surface area contributed by atoms with Crippen LogP contribution in [0.1, 0.15) is 42.0 Å². The number of para-hydroxylation sites is 1. The third-order valence-electron chi connectivity index (χ3n) is 3.76. The summed E-state index contributed by atoms with van der Waals surface area (Å²) in [5.41, 5.74) is 6.72. The molecule has 0 radical (unpaired) electrons. The molecule has 126 valence electrons. The third kappa shape index (κ3) is 4.95. The number of hydrogen-bond acceptors (Lipinski definition) is 3. The van der Waals surface area contributed by atoms with Crippen LogP contribution in [-0.4, -0.2) is 18.7 Å². The van der Waals surface area contributed by atoms with Gasteiger partial charge in [0, 0.05) is 0 Å². The average molecular weight is 324 g/mol. The van der Waals surface area contributed by atoms with Gasteiger partial charge in [0.05, 0.1) is 6.21 Å². The van der Waals surface area contributed by atoms with E-state index in [0.29, 0.717) is 5.92 Å². The number of nitrogens with one attached hydrogen (secondary N) is 1. The minimum atomic E-state index is -0.285. The van der Waals surface area contributed by atoms with Gasteiger partial charge in [-0.2, -0.15) is 5.10 Å². The van der Waals surface area contributed by atoms with Crippen LogP contribution in [0.5, 0.6) is 5.75 Å². The van der Waals surface area contributed by atoms with Crippen molar-refractivity contribution >= 4 is 12.1 Å². The predicted molar refractivity (Wildman–Crippen MR) is 97.7 cm³/mol. The van der Waals surface area contributed by atoms with E-state index in [-0.39, 0.29) is 12.5 Å². The summed E-state index contributed by atoms with van der Waals surface area (Å²) in [5.74, 6) is 0.964. The molecule has 0 aliphatic heterocycles. The molecule has 0 spiro atoms. The van der Waals surface area contributed by atoms with Gasteiger partial charge in [-0.15, -0.1) is 0 Å². The molecule has 2 aromatic carbocycles. The Morgan fingerprint density at radius 2 is 1.75 bits per heavy atom. The van der Waals surface area contributed by atoms with Crippen LogP contribution in [-0.2, 0) is 4.79 Å². The molecular weight excluding hydrogens is 300 g/mol. The number of benzene rings is 2. The van der Waals surface area contributed by atoms with Crippen molar-refractivity contribution < 1.29 is 9.53 Å². The number of ether oxygens (including phenoxy) is 1. The van der Waals surface area contributed by atoms with E-state index in [1.165, 1.54) is 5.56 Å². The van der Waals surface area contributed by atoms with Crippen LogP contribution in [0.15, 0.2) is 47.6 Å². The smallest absolute Gasteiger partial charge is 0.277 e. The zero-order valence-corrected chi connectivity index (χ0v) is 14.7. The van der Waals surface area contributed by atoms with Gasteiger partial charge >= 0.3 is 0 Å². The molecule has 0 aliphatic carbocycles. The molecule has 2 aromatic rings. The second kappa shape index (κ2) is 8.29. The molecule has 0 aromatic heterocycles. The second-order valence-corrected chi connectivity index (χ2v) is 6.12. The first-order valence-corrected chi connectivity index (χ1v) is 8.08. The van der Waals surface area contributed by atoms with E-state index >= 15 is 0 Å². The monoisotopic (exact) mass is 324 g/mol. The number of nitrogens with zero attached hydrogens (tertiary/aromatic N) is 1. The number of carbonyl (C=O) groups excluding carboxylic acids is 1. The summed E-state index contributed by atoms with van der Waals surface area (Å²) in [6.45, 7) is 8.16. The van der Waals surface area contributed by atoms with Crippen molar-refractivity contribution in [2.24, 2.45) is 5.10 Å². The number of hydrogen-bond donors (Lipinski definition) is 1. The zero-order chi connectivity index (χ0) is 17.5. The van der Waals surface area contributed by atoms with Gasteiger partial charge in [-0.1, -0.05) is 56.3 Å². The minimum Gasteiger partial charge on any atom is -0.483 e. The topological polar surface area (TPSA) is 50.7 Å². The molecule has 0 atom stereocenters. The highest BCUT2D eigenvalue weighted by Crippen LogP contribution is 2.22. The van der Waals surface area contributed by atoms with Gasteiger partial charge in [-0.25, -0.2) is 5.43 Å². The molecule has 1 N–H and O–H groups in total. The Balaban J connectivity index is 1.84. The van der Waals surface area contributed by atoms with Crippen molar-refractivity contribution in [3.05, 3.63) is 64.7 Å². The lowest BCUT2D eigenvalue weighted by molar-refractivity contribution is -0.123. The van der Waals surface area contributed by atoms with E-state index < -0.39 is 0 Å². The highest BCUT2D eigenvalue weighted by atomic mass is 16.5. The molecule has 0 saturated carbocycles. The molecule has 2 rings (SSSR count). The van der Waals surface area contributed by atoms with Gasteiger partial charge < -0.3 is 4.74 Å². The van der Waals surface area contributed by atoms with Gasteiger partial charge in [0.15, 0.2) is 6.61 Å². The maximum Gasteiger partial charge on any atom is 0.277 e. The number of hydrazone groups is 1. The van der Waals surface area contributed by atoms with Gasteiger partial charge in [0.25, 0.3) is 5.91 Å². The summed E-state index contributed by atoms with van der Waals surface area (Å²) in [7, 11) is 0. The maximum atomic E-state index is 11.8. The van der Waals surface area contributed by atoms with Crippen molar-refractivity contribution in [2.45, 2.75) is 33.6 Å². The van der Waals surface area contributed by atoms with Gasteiger partial charge in [-0.05, 0) is 42.0 Å². The molecule has 0 fully saturated rings. The van der Waals surface area contributed by atoms with Crippen LogP contribution in [0.2, 0.25) is 0 Å². The van der Waals surface area contributed by atoms with Crippen LogP contribution in [0, 0.1) is 13.8 Å². The van der Waals surface area contributed by atoms with E-state index in [0.717, 1.165) is 22.4 Å². The Hall–Kier alpha value is -2.62. The van der Waals surface area contributed by atoms with Crippen LogP contribution in [0.25, 0.3) is 0 Å². The van der Waals surface area contributed by atoms with Crippen molar-refractivity contribution in [3.63, 3.8) is 0 Å². The lowest BCUT2D eigenvalue weighted by Gasteiger charge is -2.10. The Morgan fingerprint density at radius 1 is 1.12 bits per heavy atom. The van der Waals surface area contributed by atoms with E-state index in [4.69, 9.17) is 4.74 Å². The van der Waals surface area contributed by atoms with Crippen molar-refractivity contribution in [1.29, 1.82) is 0 Å². The molecule has 0 aliphatic rings. The number of amides is 1. The first-order chi connectivity index (χ1) is 11.5. The predicted octanol–water partition coefficient (Wildman–Crippen LogP) is 3.96. The molecule has 1 amide bonds. The van der Waals surface area contributed by atoms with E-state index in [1.54, 1.807) is 6.21 Å².